The number of rotatable bonds is 4. The van der Waals surface area contributed by atoms with E-state index in [1.54, 1.807) is 6.07 Å². The van der Waals surface area contributed by atoms with E-state index in [0.717, 1.165) is 11.8 Å². The standard InChI is InChI=1S/C20H21FN2O4S/c1-28(26,27)23-17(11-24)18(14-7-3-2-4-8-14)20(23)12-22(13-20)19(25)15-9-5-6-10-16(15)21/h2-10,17-18,24H,11-13H2,1H3/t17-,18+/m0/s1. The summed E-state index contributed by atoms with van der Waals surface area (Å²) in [5, 5.41) is 9.86. The third-order valence-electron chi connectivity index (χ3n) is 5.73. The van der Waals surface area contributed by atoms with Gasteiger partial charge in [0.05, 0.1) is 30.0 Å². The van der Waals surface area contributed by atoms with Gasteiger partial charge in [0.15, 0.2) is 0 Å². The van der Waals surface area contributed by atoms with E-state index < -0.39 is 33.3 Å². The highest BCUT2D eigenvalue weighted by Crippen LogP contribution is 2.55. The van der Waals surface area contributed by atoms with Gasteiger partial charge in [-0.1, -0.05) is 42.5 Å². The summed E-state index contributed by atoms with van der Waals surface area (Å²) in [6.45, 7) is 0.00222. The van der Waals surface area contributed by atoms with E-state index in [9.17, 15) is 22.7 Å². The van der Waals surface area contributed by atoms with E-state index in [1.807, 2.05) is 30.3 Å². The van der Waals surface area contributed by atoms with Gasteiger partial charge in [0.1, 0.15) is 5.82 Å². The van der Waals surface area contributed by atoms with Crippen LogP contribution in [0.25, 0.3) is 0 Å². The zero-order chi connectivity index (χ0) is 20.1. The second-order valence-electron chi connectivity index (χ2n) is 7.44. The number of carbonyl (C=O) groups excluding carboxylic acids is 1. The number of hydrogen-bond acceptors (Lipinski definition) is 4. The second-order valence-corrected chi connectivity index (χ2v) is 9.30. The first-order valence-electron chi connectivity index (χ1n) is 8.99. The molecule has 0 aliphatic carbocycles. The number of aliphatic hydroxyl groups is 1. The van der Waals surface area contributed by atoms with Gasteiger partial charge in [-0.25, -0.2) is 12.8 Å². The van der Waals surface area contributed by atoms with Crippen LogP contribution in [0.3, 0.4) is 0 Å². The van der Waals surface area contributed by atoms with Gasteiger partial charge in [0.25, 0.3) is 5.91 Å². The molecule has 1 spiro atoms. The number of sulfonamides is 1. The first-order valence-corrected chi connectivity index (χ1v) is 10.8. The Morgan fingerprint density at radius 3 is 2.32 bits per heavy atom. The largest absolute Gasteiger partial charge is 0.395 e. The van der Waals surface area contributed by atoms with Crippen LogP contribution in [-0.4, -0.2) is 66.2 Å². The molecular weight excluding hydrogens is 383 g/mol. The van der Waals surface area contributed by atoms with Crippen LogP contribution in [0.1, 0.15) is 21.8 Å². The number of amides is 1. The zero-order valence-electron chi connectivity index (χ0n) is 15.3. The van der Waals surface area contributed by atoms with Gasteiger partial charge in [-0.05, 0) is 17.7 Å². The molecule has 1 amide bonds. The number of halogens is 1. The topological polar surface area (TPSA) is 77.9 Å². The molecular formula is C20H21FN2O4S. The van der Waals surface area contributed by atoms with Crippen LogP contribution in [0.5, 0.6) is 0 Å². The third kappa shape index (κ3) is 2.75. The van der Waals surface area contributed by atoms with Gasteiger partial charge < -0.3 is 10.0 Å². The van der Waals surface area contributed by atoms with Crippen molar-refractivity contribution < 1.29 is 22.7 Å². The van der Waals surface area contributed by atoms with Crippen LogP contribution in [0.2, 0.25) is 0 Å². The summed E-state index contributed by atoms with van der Waals surface area (Å²) in [6.07, 6.45) is 1.11. The van der Waals surface area contributed by atoms with Crippen molar-refractivity contribution in [1.29, 1.82) is 0 Å². The SMILES string of the molecule is CS(=O)(=O)N1[C@@H](CO)[C@@H](c2ccccc2)C12CN(C(=O)c1ccccc1F)C2. The third-order valence-corrected chi connectivity index (χ3v) is 7.08. The number of hydrogen-bond donors (Lipinski definition) is 1. The fraction of sp³-hybridized carbons (Fsp3) is 0.350. The van der Waals surface area contributed by atoms with Gasteiger partial charge in [0.2, 0.25) is 10.0 Å². The van der Waals surface area contributed by atoms with E-state index >= 15 is 0 Å². The van der Waals surface area contributed by atoms with Crippen molar-refractivity contribution in [2.75, 3.05) is 26.0 Å². The highest BCUT2D eigenvalue weighted by molar-refractivity contribution is 7.88. The fourth-order valence-corrected chi connectivity index (χ4v) is 6.30. The predicted octanol–water partition coefficient (Wildman–Crippen LogP) is 1.44. The molecule has 4 rings (SSSR count). The lowest BCUT2D eigenvalue weighted by Gasteiger charge is -2.69. The lowest BCUT2D eigenvalue weighted by atomic mass is 9.62. The number of likely N-dealkylation sites (tertiary alicyclic amines) is 1. The van der Waals surface area contributed by atoms with Crippen LogP contribution >= 0.6 is 0 Å². The van der Waals surface area contributed by atoms with Crippen LogP contribution in [0, 0.1) is 5.82 Å². The van der Waals surface area contributed by atoms with E-state index in [0.29, 0.717) is 0 Å². The van der Waals surface area contributed by atoms with Crippen molar-refractivity contribution in [3.8, 4) is 0 Å². The predicted molar refractivity (Wildman–Crippen MR) is 102 cm³/mol. The first-order chi connectivity index (χ1) is 13.3. The van der Waals surface area contributed by atoms with E-state index in [2.05, 4.69) is 0 Å². The smallest absolute Gasteiger partial charge is 0.256 e. The minimum Gasteiger partial charge on any atom is -0.395 e. The molecule has 2 heterocycles. The van der Waals surface area contributed by atoms with Crippen molar-refractivity contribution in [3.63, 3.8) is 0 Å². The molecule has 2 aliphatic heterocycles. The van der Waals surface area contributed by atoms with Crippen molar-refractivity contribution in [2.45, 2.75) is 17.5 Å². The maximum atomic E-state index is 14.0. The van der Waals surface area contributed by atoms with Gasteiger partial charge in [-0.15, -0.1) is 0 Å². The highest BCUT2D eigenvalue weighted by Gasteiger charge is 2.69. The van der Waals surface area contributed by atoms with Crippen molar-refractivity contribution >= 4 is 15.9 Å². The molecule has 0 radical (unpaired) electrons. The Labute approximate surface area is 163 Å². The number of carbonyl (C=O) groups is 1. The molecule has 2 aromatic rings. The first kappa shape index (κ1) is 19.0. The van der Waals surface area contributed by atoms with Crippen LogP contribution in [0.4, 0.5) is 4.39 Å². The highest BCUT2D eigenvalue weighted by atomic mass is 32.2. The Balaban J connectivity index is 1.66. The summed E-state index contributed by atoms with van der Waals surface area (Å²) < 4.78 is 40.1. The van der Waals surface area contributed by atoms with Gasteiger partial charge in [0, 0.05) is 19.0 Å². The van der Waals surface area contributed by atoms with Crippen LogP contribution < -0.4 is 0 Å². The Morgan fingerprint density at radius 1 is 1.14 bits per heavy atom. The van der Waals surface area contributed by atoms with E-state index in [4.69, 9.17) is 0 Å². The van der Waals surface area contributed by atoms with E-state index in [1.165, 1.54) is 27.4 Å². The lowest BCUT2D eigenvalue weighted by molar-refractivity contribution is -0.127. The molecule has 2 aliphatic rings. The molecule has 0 aromatic heterocycles. The maximum absolute atomic E-state index is 14.0. The fourth-order valence-electron chi connectivity index (χ4n) is 4.73. The summed E-state index contributed by atoms with van der Waals surface area (Å²) >= 11 is 0. The van der Waals surface area contributed by atoms with Crippen molar-refractivity contribution in [2.24, 2.45) is 0 Å². The van der Waals surface area contributed by atoms with Crippen molar-refractivity contribution in [3.05, 3.63) is 71.5 Å². The average Bonchev–Trinajstić information content (AvgIpc) is 2.60. The molecule has 0 saturated carbocycles. The summed E-state index contributed by atoms with van der Waals surface area (Å²) in [5.41, 5.74) is 0.0699. The molecule has 8 heteroatoms. The molecule has 1 N–H and O–H groups in total. The second kappa shape index (κ2) is 6.65. The summed E-state index contributed by atoms with van der Waals surface area (Å²) in [6, 6.07) is 14.6. The Kier molecular flexibility index (Phi) is 4.52. The monoisotopic (exact) mass is 404 g/mol. The molecule has 148 valence electrons. The van der Waals surface area contributed by atoms with Gasteiger partial charge >= 0.3 is 0 Å². The zero-order valence-corrected chi connectivity index (χ0v) is 16.1. The molecule has 2 fully saturated rings. The molecule has 0 unspecified atom stereocenters. The van der Waals surface area contributed by atoms with E-state index in [-0.39, 0.29) is 31.2 Å². The quantitative estimate of drug-likeness (QED) is 0.837. The minimum atomic E-state index is -3.60. The molecule has 2 atom stereocenters. The molecule has 28 heavy (non-hydrogen) atoms. The number of nitrogens with zero attached hydrogens (tertiary/aromatic N) is 2. The Morgan fingerprint density at radius 2 is 1.75 bits per heavy atom. The summed E-state index contributed by atoms with van der Waals surface area (Å²) in [7, 11) is -3.60. The minimum absolute atomic E-state index is 0.0300. The lowest BCUT2D eigenvalue weighted by Crippen LogP contribution is -2.85. The van der Waals surface area contributed by atoms with Crippen molar-refractivity contribution in [1.82, 2.24) is 9.21 Å². The summed E-state index contributed by atoms with van der Waals surface area (Å²) in [5.74, 6) is -1.30. The van der Waals surface area contributed by atoms with Gasteiger partial charge in [-0.2, -0.15) is 4.31 Å². The molecule has 2 aromatic carbocycles. The Hall–Kier alpha value is -2.29. The number of aliphatic hydroxyl groups excluding tert-OH is 1. The average molecular weight is 404 g/mol. The van der Waals surface area contributed by atoms with Gasteiger partial charge in [-0.3, -0.25) is 4.79 Å². The van der Waals surface area contributed by atoms with Crippen LogP contribution in [0.15, 0.2) is 54.6 Å². The molecule has 0 bridgehead atoms. The van der Waals surface area contributed by atoms with Crippen LogP contribution in [-0.2, 0) is 10.0 Å². The Bertz CT molecular complexity index is 1010. The number of benzene rings is 2. The summed E-state index contributed by atoms with van der Waals surface area (Å²) in [4.78, 5) is 14.2. The maximum Gasteiger partial charge on any atom is 0.256 e. The molecule has 6 nitrogen and oxygen atoms in total. The molecule has 2 saturated heterocycles. The normalized spacial score (nSPS) is 23.9.